The van der Waals surface area contributed by atoms with Gasteiger partial charge in [-0.15, -0.1) is 0 Å². The minimum atomic E-state index is -1.16. The first-order valence-electron chi connectivity index (χ1n) is 8.19. The summed E-state index contributed by atoms with van der Waals surface area (Å²) in [4.78, 5) is 16.5. The average Bonchev–Trinajstić information content (AvgIpc) is 2.70. The van der Waals surface area contributed by atoms with E-state index in [9.17, 15) is 15.0 Å². The summed E-state index contributed by atoms with van der Waals surface area (Å²) in [6.07, 6.45) is 0. The largest absolute Gasteiger partial charge is 0.504 e. The van der Waals surface area contributed by atoms with E-state index in [4.69, 9.17) is 18.9 Å². The quantitative estimate of drug-likeness (QED) is 0.665. The number of aromatic hydroxyl groups is 1. The first-order valence-corrected chi connectivity index (χ1v) is 8.19. The molecule has 0 fully saturated rings. The van der Waals surface area contributed by atoms with Gasteiger partial charge < -0.3 is 29.2 Å². The standard InChI is InChI=1S/C20H19NO7/c1-25-15-6-5-10(7-14(15)22)12-8-11(20(23)24)17-13(21-12)9-16(26-2)18(27-3)19(17)28-4/h5-9,22H,1-4H3,(H,23,24). The molecule has 0 aliphatic rings. The second kappa shape index (κ2) is 7.51. The summed E-state index contributed by atoms with van der Waals surface area (Å²) in [5.41, 5.74) is 1.21. The molecule has 0 aliphatic carbocycles. The molecule has 0 radical (unpaired) electrons. The Morgan fingerprint density at radius 1 is 0.893 bits per heavy atom. The van der Waals surface area contributed by atoms with Crippen molar-refractivity contribution in [2.24, 2.45) is 0 Å². The second-order valence-electron chi connectivity index (χ2n) is 5.79. The molecule has 3 aromatic rings. The molecule has 0 bridgehead atoms. The van der Waals surface area contributed by atoms with Crippen LogP contribution < -0.4 is 18.9 Å². The zero-order valence-corrected chi connectivity index (χ0v) is 15.8. The highest BCUT2D eigenvalue weighted by Gasteiger charge is 2.23. The monoisotopic (exact) mass is 385 g/mol. The molecule has 28 heavy (non-hydrogen) atoms. The maximum atomic E-state index is 12.0. The lowest BCUT2D eigenvalue weighted by molar-refractivity contribution is 0.0698. The number of hydrogen-bond donors (Lipinski definition) is 2. The van der Waals surface area contributed by atoms with Gasteiger partial charge in [-0.3, -0.25) is 0 Å². The van der Waals surface area contributed by atoms with Crippen LogP contribution in [0.25, 0.3) is 22.2 Å². The predicted octanol–water partition coefficient (Wildman–Crippen LogP) is 3.34. The molecule has 0 spiro atoms. The zero-order chi connectivity index (χ0) is 20.4. The van der Waals surface area contributed by atoms with Crippen molar-refractivity contribution in [2.45, 2.75) is 0 Å². The van der Waals surface area contributed by atoms with E-state index in [-0.39, 0.29) is 28.2 Å². The number of methoxy groups -OCH3 is 4. The summed E-state index contributed by atoms with van der Waals surface area (Å²) >= 11 is 0. The number of aromatic carboxylic acids is 1. The minimum absolute atomic E-state index is 0.0203. The summed E-state index contributed by atoms with van der Waals surface area (Å²) in [7, 11) is 5.76. The summed E-state index contributed by atoms with van der Waals surface area (Å²) in [6, 6.07) is 7.70. The Hall–Kier alpha value is -3.68. The number of nitrogens with zero attached hydrogens (tertiary/aromatic N) is 1. The molecule has 3 rings (SSSR count). The predicted molar refractivity (Wildman–Crippen MR) is 102 cm³/mol. The van der Waals surface area contributed by atoms with Crippen LogP contribution in [-0.4, -0.2) is 49.6 Å². The maximum Gasteiger partial charge on any atom is 0.336 e. The van der Waals surface area contributed by atoms with Crippen molar-refractivity contribution in [3.63, 3.8) is 0 Å². The molecule has 2 N–H and O–H groups in total. The molecule has 1 heterocycles. The Balaban J connectivity index is 2.36. The highest BCUT2D eigenvalue weighted by molar-refractivity contribution is 6.08. The Bertz CT molecular complexity index is 1060. The van der Waals surface area contributed by atoms with Crippen molar-refractivity contribution in [3.8, 4) is 40.0 Å². The second-order valence-corrected chi connectivity index (χ2v) is 5.79. The van der Waals surface area contributed by atoms with Crippen molar-refractivity contribution >= 4 is 16.9 Å². The number of ether oxygens (including phenoxy) is 4. The van der Waals surface area contributed by atoms with Gasteiger partial charge in [-0.25, -0.2) is 9.78 Å². The molecule has 0 unspecified atom stereocenters. The lowest BCUT2D eigenvalue weighted by atomic mass is 10.0. The van der Waals surface area contributed by atoms with E-state index in [1.165, 1.54) is 40.6 Å². The van der Waals surface area contributed by atoms with E-state index >= 15 is 0 Å². The molecule has 8 nitrogen and oxygen atoms in total. The highest BCUT2D eigenvalue weighted by Crippen LogP contribution is 2.45. The molecule has 0 saturated heterocycles. The van der Waals surface area contributed by atoms with Gasteiger partial charge in [-0.2, -0.15) is 0 Å². The van der Waals surface area contributed by atoms with E-state index in [2.05, 4.69) is 4.98 Å². The fraction of sp³-hybridized carbons (Fsp3) is 0.200. The van der Waals surface area contributed by atoms with Crippen LogP contribution in [0.4, 0.5) is 0 Å². The Labute approximate surface area is 160 Å². The first kappa shape index (κ1) is 19.1. The van der Waals surface area contributed by atoms with Crippen LogP contribution in [0.1, 0.15) is 10.4 Å². The third kappa shape index (κ3) is 3.09. The number of carboxylic acid groups (broad SMARTS) is 1. The van der Waals surface area contributed by atoms with Crippen LogP contribution in [0.2, 0.25) is 0 Å². The Kier molecular flexibility index (Phi) is 5.12. The third-order valence-corrected chi connectivity index (χ3v) is 4.31. The fourth-order valence-electron chi connectivity index (χ4n) is 3.03. The molecule has 146 valence electrons. The van der Waals surface area contributed by atoms with Gasteiger partial charge in [0, 0.05) is 11.6 Å². The molecule has 2 aromatic carbocycles. The molecular formula is C20H19NO7. The van der Waals surface area contributed by atoms with Crippen molar-refractivity contribution in [2.75, 3.05) is 28.4 Å². The number of phenols is 1. The third-order valence-electron chi connectivity index (χ3n) is 4.31. The molecule has 0 atom stereocenters. The number of benzene rings is 2. The van der Waals surface area contributed by atoms with Gasteiger partial charge in [0.15, 0.2) is 23.0 Å². The lowest BCUT2D eigenvalue weighted by Gasteiger charge is -2.16. The lowest BCUT2D eigenvalue weighted by Crippen LogP contribution is -2.04. The van der Waals surface area contributed by atoms with Crippen LogP contribution >= 0.6 is 0 Å². The van der Waals surface area contributed by atoms with E-state index in [0.717, 1.165) is 0 Å². The smallest absolute Gasteiger partial charge is 0.336 e. The minimum Gasteiger partial charge on any atom is -0.504 e. The summed E-state index contributed by atoms with van der Waals surface area (Å²) in [5.74, 6) is -0.0930. The van der Waals surface area contributed by atoms with Crippen molar-refractivity contribution < 1.29 is 34.0 Å². The Morgan fingerprint density at radius 2 is 1.57 bits per heavy atom. The first-order chi connectivity index (χ1) is 13.4. The van der Waals surface area contributed by atoms with Crippen LogP contribution in [0, 0.1) is 0 Å². The number of fused-ring (bicyclic) bond motifs is 1. The molecule has 1 aromatic heterocycles. The highest BCUT2D eigenvalue weighted by atomic mass is 16.5. The zero-order valence-electron chi connectivity index (χ0n) is 15.8. The topological polar surface area (TPSA) is 107 Å². The van der Waals surface area contributed by atoms with Crippen LogP contribution in [0.5, 0.6) is 28.7 Å². The van der Waals surface area contributed by atoms with Crippen LogP contribution in [0.3, 0.4) is 0 Å². The van der Waals surface area contributed by atoms with Gasteiger partial charge in [0.05, 0.1) is 50.6 Å². The SMILES string of the molecule is COc1ccc(-c2cc(C(=O)O)c3c(OC)c(OC)c(OC)cc3n2)cc1O. The van der Waals surface area contributed by atoms with Gasteiger partial charge in [0.1, 0.15) is 0 Å². The Morgan fingerprint density at radius 3 is 2.11 bits per heavy atom. The summed E-state index contributed by atoms with van der Waals surface area (Å²) < 4.78 is 21.1. The van der Waals surface area contributed by atoms with Gasteiger partial charge in [-0.05, 0) is 24.3 Å². The van der Waals surface area contributed by atoms with Crippen molar-refractivity contribution in [1.29, 1.82) is 0 Å². The molecule has 0 amide bonds. The number of carboxylic acids is 1. The average molecular weight is 385 g/mol. The fourth-order valence-corrected chi connectivity index (χ4v) is 3.03. The molecular weight excluding hydrogens is 366 g/mol. The summed E-state index contributed by atoms with van der Waals surface area (Å²) in [6.45, 7) is 0. The number of carbonyl (C=O) groups is 1. The molecule has 0 aliphatic heterocycles. The van der Waals surface area contributed by atoms with Gasteiger partial charge in [-0.1, -0.05) is 0 Å². The van der Waals surface area contributed by atoms with Crippen molar-refractivity contribution in [3.05, 3.63) is 35.9 Å². The maximum absolute atomic E-state index is 12.0. The van der Waals surface area contributed by atoms with Crippen LogP contribution in [-0.2, 0) is 0 Å². The normalized spacial score (nSPS) is 10.6. The number of aromatic nitrogens is 1. The molecule has 0 saturated carbocycles. The van der Waals surface area contributed by atoms with E-state index < -0.39 is 5.97 Å². The van der Waals surface area contributed by atoms with Gasteiger partial charge in [0.2, 0.25) is 5.75 Å². The molecule has 8 heteroatoms. The van der Waals surface area contributed by atoms with Crippen LogP contribution in [0.15, 0.2) is 30.3 Å². The van der Waals surface area contributed by atoms with E-state index in [1.54, 1.807) is 18.2 Å². The van der Waals surface area contributed by atoms with Gasteiger partial charge >= 0.3 is 5.97 Å². The summed E-state index contributed by atoms with van der Waals surface area (Å²) in [5, 5.41) is 20.1. The number of rotatable bonds is 6. The van der Waals surface area contributed by atoms with Gasteiger partial charge in [0.25, 0.3) is 0 Å². The van der Waals surface area contributed by atoms with E-state index in [1.807, 2.05) is 0 Å². The number of pyridine rings is 1. The number of phenolic OH excluding ortho intramolecular Hbond substituents is 1. The van der Waals surface area contributed by atoms with Crippen molar-refractivity contribution in [1.82, 2.24) is 4.98 Å². The number of hydrogen-bond acceptors (Lipinski definition) is 7. The van der Waals surface area contributed by atoms with E-state index in [0.29, 0.717) is 28.3 Å².